The summed E-state index contributed by atoms with van der Waals surface area (Å²) in [7, 11) is 0. The van der Waals surface area contributed by atoms with Crippen molar-refractivity contribution in [3.05, 3.63) is 53.7 Å². The van der Waals surface area contributed by atoms with Gasteiger partial charge in [0.05, 0.1) is 18.4 Å². The maximum atomic E-state index is 13.1. The fraction of sp³-hybridized carbons (Fsp3) is 0.154. The molecule has 0 radical (unpaired) electrons. The van der Waals surface area contributed by atoms with Crippen molar-refractivity contribution < 1.29 is 9.18 Å². The summed E-state index contributed by atoms with van der Waals surface area (Å²) >= 11 is 0. The van der Waals surface area contributed by atoms with Gasteiger partial charge in [-0.1, -0.05) is 12.1 Å². The third kappa shape index (κ3) is 3.27. The van der Waals surface area contributed by atoms with Crippen LogP contribution in [-0.4, -0.2) is 15.9 Å². The van der Waals surface area contributed by atoms with E-state index in [1.165, 1.54) is 24.5 Å². The summed E-state index contributed by atoms with van der Waals surface area (Å²) in [5, 5.41) is 2.71. The molecule has 104 valence electrons. The van der Waals surface area contributed by atoms with Gasteiger partial charge in [-0.05, 0) is 24.6 Å². The van der Waals surface area contributed by atoms with E-state index in [1.807, 2.05) is 0 Å². The van der Waals surface area contributed by atoms with Crippen molar-refractivity contribution in [1.29, 1.82) is 0 Å². The van der Waals surface area contributed by atoms with Crippen LogP contribution in [-0.2, 0) is 0 Å². The van der Waals surface area contributed by atoms with Gasteiger partial charge < -0.3 is 10.7 Å². The smallest absolute Gasteiger partial charge is 0.272 e. The molecule has 0 bridgehead atoms. The van der Waals surface area contributed by atoms with Crippen molar-refractivity contribution in [2.45, 2.75) is 13.0 Å². The zero-order valence-corrected chi connectivity index (χ0v) is 10.8. The lowest BCUT2D eigenvalue weighted by atomic mass is 10.1. The number of amides is 1. The number of carbonyl (C=O) groups excluding carboxylic acids is 1. The predicted octanol–water partition coefficient (Wildman–Crippen LogP) is 1.39. The number of benzene rings is 1. The fourth-order valence-electron chi connectivity index (χ4n) is 1.67. The Hall–Kier alpha value is -2.54. The molecule has 1 aromatic carbocycles. The molecule has 7 heteroatoms. The minimum Gasteiger partial charge on any atom is -0.344 e. The molecule has 0 fully saturated rings. The van der Waals surface area contributed by atoms with E-state index in [4.69, 9.17) is 5.84 Å². The highest BCUT2D eigenvalue weighted by Gasteiger charge is 2.13. The molecule has 1 unspecified atom stereocenters. The van der Waals surface area contributed by atoms with Crippen molar-refractivity contribution in [2.75, 3.05) is 5.43 Å². The van der Waals surface area contributed by atoms with Crippen LogP contribution in [0.4, 0.5) is 10.2 Å². The number of nitrogen functional groups attached to an aromatic ring is 1. The molecule has 20 heavy (non-hydrogen) atoms. The SMILES string of the molecule is CC(NC(=O)c1cncc(NN)n1)c1cccc(F)c1. The second-order valence-electron chi connectivity index (χ2n) is 4.18. The highest BCUT2D eigenvalue weighted by atomic mass is 19.1. The Bertz CT molecular complexity index is 619. The monoisotopic (exact) mass is 275 g/mol. The van der Waals surface area contributed by atoms with Crippen LogP contribution in [0.1, 0.15) is 29.0 Å². The maximum Gasteiger partial charge on any atom is 0.272 e. The molecule has 4 N–H and O–H groups in total. The molecular formula is C13H14FN5O. The van der Waals surface area contributed by atoms with Gasteiger partial charge in [0, 0.05) is 0 Å². The normalized spacial score (nSPS) is 11.8. The lowest BCUT2D eigenvalue weighted by Gasteiger charge is -2.14. The van der Waals surface area contributed by atoms with Gasteiger partial charge in [0.15, 0.2) is 5.82 Å². The van der Waals surface area contributed by atoms with Crippen molar-refractivity contribution in [1.82, 2.24) is 15.3 Å². The van der Waals surface area contributed by atoms with E-state index in [1.54, 1.807) is 19.1 Å². The number of hydrogen-bond donors (Lipinski definition) is 3. The van der Waals surface area contributed by atoms with E-state index in [0.717, 1.165) is 0 Å². The molecule has 1 aromatic heterocycles. The largest absolute Gasteiger partial charge is 0.344 e. The van der Waals surface area contributed by atoms with E-state index >= 15 is 0 Å². The van der Waals surface area contributed by atoms with Crippen LogP contribution in [0.15, 0.2) is 36.7 Å². The zero-order valence-electron chi connectivity index (χ0n) is 10.8. The van der Waals surface area contributed by atoms with E-state index in [9.17, 15) is 9.18 Å². The number of nitrogens with two attached hydrogens (primary N) is 1. The van der Waals surface area contributed by atoms with Crippen LogP contribution in [0.25, 0.3) is 0 Å². The number of halogens is 1. The summed E-state index contributed by atoms with van der Waals surface area (Å²) in [5.74, 6) is 4.73. The predicted molar refractivity (Wildman–Crippen MR) is 72.1 cm³/mol. The number of anilines is 1. The van der Waals surface area contributed by atoms with E-state index < -0.39 is 5.91 Å². The molecule has 1 amide bonds. The molecule has 2 rings (SSSR count). The molecule has 0 aliphatic rings. The Kier molecular flexibility index (Phi) is 4.21. The average Bonchev–Trinajstić information content (AvgIpc) is 2.47. The Balaban J connectivity index is 2.10. The average molecular weight is 275 g/mol. The number of aromatic nitrogens is 2. The van der Waals surface area contributed by atoms with Crippen molar-refractivity contribution in [3.8, 4) is 0 Å². The zero-order chi connectivity index (χ0) is 14.5. The number of rotatable bonds is 4. The van der Waals surface area contributed by atoms with Crippen LogP contribution in [0.5, 0.6) is 0 Å². The Morgan fingerprint density at radius 1 is 1.40 bits per heavy atom. The fourth-order valence-corrected chi connectivity index (χ4v) is 1.67. The topological polar surface area (TPSA) is 92.9 Å². The first kappa shape index (κ1) is 13.9. The molecule has 1 heterocycles. The minimum absolute atomic E-state index is 0.128. The second kappa shape index (κ2) is 6.07. The molecule has 1 atom stereocenters. The van der Waals surface area contributed by atoms with Gasteiger partial charge >= 0.3 is 0 Å². The molecular weight excluding hydrogens is 261 g/mol. The van der Waals surface area contributed by atoms with Crippen LogP contribution < -0.4 is 16.6 Å². The summed E-state index contributed by atoms with van der Waals surface area (Å²) < 4.78 is 13.1. The number of carbonyl (C=O) groups is 1. The van der Waals surface area contributed by atoms with Crippen molar-refractivity contribution in [2.24, 2.45) is 5.84 Å². The maximum absolute atomic E-state index is 13.1. The highest BCUT2D eigenvalue weighted by Crippen LogP contribution is 2.14. The van der Waals surface area contributed by atoms with Crippen LogP contribution >= 0.6 is 0 Å². The first-order chi connectivity index (χ1) is 9.60. The molecule has 2 aromatic rings. The van der Waals surface area contributed by atoms with Crippen LogP contribution in [0, 0.1) is 5.82 Å². The first-order valence-electron chi connectivity index (χ1n) is 5.95. The van der Waals surface area contributed by atoms with E-state index in [2.05, 4.69) is 20.7 Å². The van der Waals surface area contributed by atoms with Gasteiger partial charge in [-0.3, -0.25) is 9.78 Å². The lowest BCUT2D eigenvalue weighted by molar-refractivity contribution is 0.0934. The summed E-state index contributed by atoms with van der Waals surface area (Å²) in [6.07, 6.45) is 2.72. The molecule has 0 spiro atoms. The van der Waals surface area contributed by atoms with Gasteiger partial charge in [-0.15, -0.1) is 0 Å². The number of hydrazine groups is 1. The van der Waals surface area contributed by atoms with Gasteiger partial charge in [0.1, 0.15) is 11.5 Å². The Morgan fingerprint density at radius 2 is 2.20 bits per heavy atom. The highest BCUT2D eigenvalue weighted by molar-refractivity contribution is 5.92. The number of hydrogen-bond acceptors (Lipinski definition) is 5. The standard InChI is InChI=1S/C13H14FN5O/c1-8(9-3-2-4-10(14)5-9)17-13(20)11-6-16-7-12(18-11)19-15/h2-8H,15H2,1H3,(H,17,20)(H,18,19). The lowest BCUT2D eigenvalue weighted by Crippen LogP contribution is -2.28. The molecule has 6 nitrogen and oxygen atoms in total. The van der Waals surface area contributed by atoms with E-state index in [0.29, 0.717) is 5.56 Å². The van der Waals surface area contributed by atoms with Crippen LogP contribution in [0.2, 0.25) is 0 Å². The quantitative estimate of drug-likeness (QED) is 0.579. The number of nitrogens with zero attached hydrogens (tertiary/aromatic N) is 2. The van der Waals surface area contributed by atoms with Gasteiger partial charge in [0.25, 0.3) is 5.91 Å². The molecule has 0 saturated carbocycles. The third-order valence-corrected chi connectivity index (χ3v) is 2.71. The third-order valence-electron chi connectivity index (χ3n) is 2.71. The van der Waals surface area contributed by atoms with Crippen LogP contribution in [0.3, 0.4) is 0 Å². The summed E-state index contributed by atoms with van der Waals surface area (Å²) in [5.41, 5.74) is 3.11. The first-order valence-corrected chi connectivity index (χ1v) is 5.95. The summed E-state index contributed by atoms with van der Waals surface area (Å²) in [6.45, 7) is 1.76. The summed E-state index contributed by atoms with van der Waals surface area (Å²) in [6, 6.07) is 5.69. The van der Waals surface area contributed by atoms with Gasteiger partial charge in [-0.2, -0.15) is 0 Å². The van der Waals surface area contributed by atoms with Crippen molar-refractivity contribution >= 4 is 11.7 Å². The molecule has 0 aliphatic heterocycles. The van der Waals surface area contributed by atoms with Gasteiger partial charge in [0.2, 0.25) is 0 Å². The molecule has 0 aliphatic carbocycles. The van der Waals surface area contributed by atoms with Gasteiger partial charge in [-0.25, -0.2) is 15.2 Å². The minimum atomic E-state index is -0.411. The number of nitrogens with one attached hydrogen (secondary N) is 2. The Labute approximate surface area is 115 Å². The molecule has 0 saturated heterocycles. The van der Waals surface area contributed by atoms with Crippen molar-refractivity contribution in [3.63, 3.8) is 0 Å². The van der Waals surface area contributed by atoms with E-state index in [-0.39, 0.29) is 23.4 Å². The Morgan fingerprint density at radius 3 is 2.90 bits per heavy atom. The summed E-state index contributed by atoms with van der Waals surface area (Å²) in [4.78, 5) is 19.8. The second-order valence-corrected chi connectivity index (χ2v) is 4.18.